The molecule has 2 heterocycles. The lowest BCUT2D eigenvalue weighted by Crippen LogP contribution is -2.44. The van der Waals surface area contributed by atoms with Gasteiger partial charge in [0.15, 0.2) is 5.60 Å². The Labute approximate surface area is 175 Å². The number of carbonyl (C=O) groups excluding carboxylic acids is 3. The van der Waals surface area contributed by atoms with Gasteiger partial charge in [0.25, 0.3) is 0 Å². The molecule has 0 aromatic carbocycles. The third-order valence-corrected chi connectivity index (χ3v) is 6.07. The number of hydrogen-bond donors (Lipinski definition) is 1. The summed E-state index contributed by atoms with van der Waals surface area (Å²) in [5, 5.41) is 11.2. The molecule has 8 nitrogen and oxygen atoms in total. The third kappa shape index (κ3) is 4.06. The summed E-state index contributed by atoms with van der Waals surface area (Å²) in [4.78, 5) is 36.4. The zero-order chi connectivity index (χ0) is 22.4. The first kappa shape index (κ1) is 22.2. The van der Waals surface area contributed by atoms with Crippen molar-refractivity contribution in [3.05, 3.63) is 35.5 Å². The predicted octanol–water partition coefficient (Wildman–Crippen LogP) is 1.76. The third-order valence-electron chi connectivity index (χ3n) is 6.07. The van der Waals surface area contributed by atoms with Crippen LogP contribution < -0.4 is 0 Å². The highest BCUT2D eigenvalue weighted by Crippen LogP contribution is 2.40. The van der Waals surface area contributed by atoms with Gasteiger partial charge in [0.05, 0.1) is 12.0 Å². The average molecular weight is 420 g/mol. The van der Waals surface area contributed by atoms with Gasteiger partial charge >= 0.3 is 17.9 Å². The highest BCUT2D eigenvalue weighted by atomic mass is 16.7. The van der Waals surface area contributed by atoms with Crippen molar-refractivity contribution in [2.75, 3.05) is 0 Å². The summed E-state index contributed by atoms with van der Waals surface area (Å²) in [7, 11) is 0. The fraction of sp³-hybridized carbons (Fsp3) is 0.591. The number of hydrogen-bond acceptors (Lipinski definition) is 8. The molecule has 7 atom stereocenters. The van der Waals surface area contributed by atoms with E-state index < -0.39 is 53.8 Å². The lowest BCUT2D eigenvalue weighted by atomic mass is 9.83. The molecule has 0 aromatic rings. The molecular formula is C22H28O8. The first-order valence-corrected chi connectivity index (χ1v) is 9.94. The second-order valence-electron chi connectivity index (χ2n) is 8.30. The second kappa shape index (κ2) is 8.00. The summed E-state index contributed by atoms with van der Waals surface area (Å²) < 4.78 is 21.8. The first-order valence-electron chi connectivity index (χ1n) is 9.94. The Kier molecular flexibility index (Phi) is 5.93. The molecule has 0 spiro atoms. The van der Waals surface area contributed by atoms with E-state index in [2.05, 4.69) is 6.58 Å². The van der Waals surface area contributed by atoms with Crippen molar-refractivity contribution >= 4 is 17.9 Å². The maximum absolute atomic E-state index is 12.7. The number of aliphatic hydroxyl groups is 1. The van der Waals surface area contributed by atoms with Crippen LogP contribution in [0.5, 0.6) is 0 Å². The largest absolute Gasteiger partial charge is 0.458 e. The lowest BCUT2D eigenvalue weighted by Gasteiger charge is -2.31. The van der Waals surface area contributed by atoms with Crippen molar-refractivity contribution in [2.45, 2.75) is 77.2 Å². The van der Waals surface area contributed by atoms with Gasteiger partial charge < -0.3 is 24.1 Å². The summed E-state index contributed by atoms with van der Waals surface area (Å²) in [6.45, 7) is 11.9. The number of fused-ring (bicyclic) bond motifs is 1. The lowest BCUT2D eigenvalue weighted by molar-refractivity contribution is -0.160. The van der Waals surface area contributed by atoms with E-state index >= 15 is 0 Å². The fourth-order valence-electron chi connectivity index (χ4n) is 3.85. The molecule has 3 rings (SSSR count). The number of carbonyl (C=O) groups is 3. The maximum atomic E-state index is 12.7. The van der Waals surface area contributed by atoms with Crippen molar-refractivity contribution in [3.63, 3.8) is 0 Å². The Balaban J connectivity index is 1.98. The molecule has 0 unspecified atom stereocenters. The van der Waals surface area contributed by atoms with E-state index in [1.54, 1.807) is 39.8 Å². The van der Waals surface area contributed by atoms with Crippen LogP contribution >= 0.6 is 0 Å². The van der Waals surface area contributed by atoms with Gasteiger partial charge in [-0.1, -0.05) is 12.7 Å². The molecule has 2 aliphatic heterocycles. The van der Waals surface area contributed by atoms with Crippen molar-refractivity contribution in [1.29, 1.82) is 0 Å². The minimum atomic E-state index is -1.26. The Hall–Kier alpha value is -2.45. The van der Waals surface area contributed by atoms with Crippen LogP contribution in [0.25, 0.3) is 0 Å². The summed E-state index contributed by atoms with van der Waals surface area (Å²) >= 11 is 0. The van der Waals surface area contributed by atoms with Crippen LogP contribution in [0.2, 0.25) is 0 Å². The van der Waals surface area contributed by atoms with Gasteiger partial charge in [-0.3, -0.25) is 4.79 Å². The van der Waals surface area contributed by atoms with E-state index in [1.807, 2.05) is 0 Å². The molecule has 0 amide bonds. The van der Waals surface area contributed by atoms with Crippen molar-refractivity contribution in [2.24, 2.45) is 5.92 Å². The molecule has 2 saturated heterocycles. The van der Waals surface area contributed by atoms with Crippen LogP contribution in [0.1, 0.15) is 41.0 Å². The quantitative estimate of drug-likeness (QED) is 0.242. The average Bonchev–Trinajstić information content (AvgIpc) is 3.18. The highest BCUT2D eigenvalue weighted by molar-refractivity contribution is 5.91. The SMILES string of the molecule is C=C1C(=O)O[C@H]2/C=C(/C)[C@@H](OC(C)=O)C/C=C(\C)[C@H](OC(=O)[C@]3(C)O[C@@H]3C)[C@@H](O)[C@@H]12. The number of esters is 3. The van der Waals surface area contributed by atoms with Crippen LogP contribution in [0, 0.1) is 5.92 Å². The van der Waals surface area contributed by atoms with E-state index in [1.165, 1.54) is 6.92 Å². The van der Waals surface area contributed by atoms with Crippen molar-refractivity contribution < 1.29 is 38.4 Å². The molecule has 3 aliphatic rings. The molecule has 1 N–H and O–H groups in total. The second-order valence-corrected chi connectivity index (χ2v) is 8.30. The highest BCUT2D eigenvalue weighted by Gasteiger charge is 2.58. The molecule has 0 saturated carbocycles. The molecule has 30 heavy (non-hydrogen) atoms. The van der Waals surface area contributed by atoms with Crippen molar-refractivity contribution in [3.8, 4) is 0 Å². The number of rotatable bonds is 3. The Bertz CT molecular complexity index is 840. The number of aliphatic hydroxyl groups excluding tert-OH is 1. The van der Waals surface area contributed by atoms with E-state index in [0.717, 1.165) is 0 Å². The van der Waals surface area contributed by atoms with E-state index in [9.17, 15) is 19.5 Å². The molecular weight excluding hydrogens is 392 g/mol. The molecule has 2 fully saturated rings. The van der Waals surface area contributed by atoms with Gasteiger partial charge in [0, 0.05) is 18.9 Å². The Morgan fingerprint density at radius 2 is 1.90 bits per heavy atom. The van der Waals surface area contributed by atoms with Gasteiger partial charge in [-0.15, -0.1) is 0 Å². The monoisotopic (exact) mass is 420 g/mol. The van der Waals surface area contributed by atoms with E-state index in [4.69, 9.17) is 18.9 Å². The first-order chi connectivity index (χ1) is 14.0. The van der Waals surface area contributed by atoms with Gasteiger partial charge in [-0.25, -0.2) is 9.59 Å². The van der Waals surface area contributed by atoms with Gasteiger partial charge in [-0.2, -0.15) is 0 Å². The Morgan fingerprint density at radius 3 is 2.47 bits per heavy atom. The zero-order valence-electron chi connectivity index (χ0n) is 17.8. The molecule has 0 aromatic heterocycles. The molecule has 8 heteroatoms. The predicted molar refractivity (Wildman–Crippen MR) is 105 cm³/mol. The topological polar surface area (TPSA) is 112 Å². The number of epoxide rings is 1. The van der Waals surface area contributed by atoms with Crippen LogP contribution in [-0.4, -0.2) is 59.1 Å². The Morgan fingerprint density at radius 1 is 1.27 bits per heavy atom. The maximum Gasteiger partial charge on any atom is 0.341 e. The fourth-order valence-corrected chi connectivity index (χ4v) is 3.85. The van der Waals surface area contributed by atoms with E-state index in [-0.39, 0.29) is 11.7 Å². The van der Waals surface area contributed by atoms with E-state index in [0.29, 0.717) is 17.6 Å². The molecule has 164 valence electrons. The van der Waals surface area contributed by atoms with Crippen LogP contribution in [0.3, 0.4) is 0 Å². The van der Waals surface area contributed by atoms with Gasteiger partial charge in [0.2, 0.25) is 0 Å². The summed E-state index contributed by atoms with van der Waals surface area (Å²) in [5.41, 5.74) is 0.273. The van der Waals surface area contributed by atoms with Gasteiger partial charge in [0.1, 0.15) is 24.4 Å². The number of ether oxygens (including phenoxy) is 4. The van der Waals surface area contributed by atoms with Crippen LogP contribution in [0.4, 0.5) is 0 Å². The summed E-state index contributed by atoms with van der Waals surface area (Å²) in [5.74, 6) is -2.50. The summed E-state index contributed by atoms with van der Waals surface area (Å²) in [6.07, 6.45) is -0.284. The standard InChI is InChI=1S/C22H28O8/c1-10-7-8-15(27-14(5)23)11(2)9-16-17(12(3)20(25)28-16)18(24)19(10)29-21(26)22(6)13(4)30-22/h7,9,13,15-19,24H,3,8H2,1-2,4-6H3/b10-7+,11-9-/t13-,15+,16+,17+,18+,19+,22-/m1/s1. The summed E-state index contributed by atoms with van der Waals surface area (Å²) in [6, 6.07) is 0. The molecule has 1 aliphatic carbocycles. The zero-order valence-corrected chi connectivity index (χ0v) is 17.8. The van der Waals surface area contributed by atoms with Crippen molar-refractivity contribution in [1.82, 2.24) is 0 Å². The molecule has 0 bridgehead atoms. The van der Waals surface area contributed by atoms with Gasteiger partial charge in [-0.05, 0) is 44.9 Å². The normalized spacial score (nSPS) is 42.1. The van der Waals surface area contributed by atoms with Crippen LogP contribution in [0.15, 0.2) is 35.5 Å². The minimum Gasteiger partial charge on any atom is -0.458 e. The van der Waals surface area contributed by atoms with Crippen LogP contribution in [-0.2, 0) is 33.3 Å². The smallest absolute Gasteiger partial charge is 0.341 e. The minimum absolute atomic E-state index is 0.0947. The molecule has 0 radical (unpaired) electrons.